The number of nitrogens with one attached hydrogen (secondary N) is 1. The highest BCUT2D eigenvalue weighted by Crippen LogP contribution is 2.21. The maximum absolute atomic E-state index is 11.9. The van der Waals surface area contributed by atoms with Crippen LogP contribution in [0.5, 0.6) is 0 Å². The number of thioether (sulfide) groups is 1. The van der Waals surface area contributed by atoms with Gasteiger partial charge >= 0.3 is 0 Å². The van der Waals surface area contributed by atoms with Gasteiger partial charge in [0.1, 0.15) is 0 Å². The standard InChI is InChI=1S/C16H21N5O2S/c1-11-4-6-12(7-5-11)15-19-20-16(21(15)17)24-10-14(22)18-9-13-3-2-8-23-13/h4-7,13H,2-3,8-10,17H2,1H3,(H,18,22). The van der Waals surface area contributed by atoms with Crippen LogP contribution in [0.25, 0.3) is 11.4 Å². The number of hydrogen-bond acceptors (Lipinski definition) is 6. The van der Waals surface area contributed by atoms with Crippen LogP contribution >= 0.6 is 11.8 Å². The number of carbonyl (C=O) groups excluding carboxylic acids is 1. The number of carbonyl (C=O) groups is 1. The summed E-state index contributed by atoms with van der Waals surface area (Å²) in [4.78, 5) is 11.9. The van der Waals surface area contributed by atoms with Gasteiger partial charge in [0.05, 0.1) is 11.9 Å². The lowest BCUT2D eigenvalue weighted by Crippen LogP contribution is -2.33. The quantitative estimate of drug-likeness (QED) is 0.605. The van der Waals surface area contributed by atoms with Gasteiger partial charge in [0.15, 0.2) is 5.82 Å². The van der Waals surface area contributed by atoms with Crippen molar-refractivity contribution in [3.05, 3.63) is 29.8 Å². The second-order valence-electron chi connectivity index (χ2n) is 5.77. The molecule has 1 aromatic carbocycles. The second kappa shape index (κ2) is 7.67. The number of nitrogen functional groups attached to an aromatic ring is 1. The summed E-state index contributed by atoms with van der Waals surface area (Å²) in [6.45, 7) is 3.37. The number of amides is 1. The molecule has 8 heteroatoms. The number of aryl methyl sites for hydroxylation is 1. The van der Waals surface area contributed by atoms with Gasteiger partial charge in [-0.05, 0) is 19.8 Å². The van der Waals surface area contributed by atoms with Crippen molar-refractivity contribution in [3.8, 4) is 11.4 Å². The van der Waals surface area contributed by atoms with Gasteiger partial charge < -0.3 is 15.9 Å². The molecule has 0 spiro atoms. The molecular formula is C16H21N5O2S. The van der Waals surface area contributed by atoms with Gasteiger partial charge in [0.2, 0.25) is 11.1 Å². The Bertz CT molecular complexity index is 695. The van der Waals surface area contributed by atoms with E-state index in [2.05, 4.69) is 15.5 Å². The van der Waals surface area contributed by atoms with Gasteiger partial charge in [-0.25, -0.2) is 4.68 Å². The van der Waals surface area contributed by atoms with E-state index < -0.39 is 0 Å². The van der Waals surface area contributed by atoms with E-state index >= 15 is 0 Å². The average molecular weight is 347 g/mol. The fourth-order valence-corrected chi connectivity index (χ4v) is 3.18. The van der Waals surface area contributed by atoms with Crippen molar-refractivity contribution in [1.82, 2.24) is 20.2 Å². The molecule has 2 aromatic rings. The van der Waals surface area contributed by atoms with Crippen LogP contribution in [0.1, 0.15) is 18.4 Å². The van der Waals surface area contributed by atoms with Crippen LogP contribution in [-0.2, 0) is 9.53 Å². The van der Waals surface area contributed by atoms with Gasteiger partial charge in [-0.2, -0.15) is 0 Å². The maximum atomic E-state index is 11.9. The van der Waals surface area contributed by atoms with E-state index in [4.69, 9.17) is 10.6 Å². The van der Waals surface area contributed by atoms with Crippen molar-refractivity contribution >= 4 is 17.7 Å². The van der Waals surface area contributed by atoms with Crippen molar-refractivity contribution in [2.45, 2.75) is 31.0 Å². The normalized spacial score (nSPS) is 17.1. The minimum Gasteiger partial charge on any atom is -0.376 e. The van der Waals surface area contributed by atoms with Crippen LogP contribution < -0.4 is 11.2 Å². The fraction of sp³-hybridized carbons (Fsp3) is 0.438. The van der Waals surface area contributed by atoms with E-state index in [0.717, 1.165) is 25.0 Å². The molecule has 7 nitrogen and oxygen atoms in total. The van der Waals surface area contributed by atoms with E-state index in [1.807, 2.05) is 31.2 Å². The molecule has 3 N–H and O–H groups in total. The van der Waals surface area contributed by atoms with Crippen molar-refractivity contribution in [3.63, 3.8) is 0 Å². The number of nitrogens with zero attached hydrogens (tertiary/aromatic N) is 3. The number of rotatable bonds is 6. The van der Waals surface area contributed by atoms with Crippen molar-refractivity contribution in [2.24, 2.45) is 0 Å². The molecular weight excluding hydrogens is 326 g/mol. The fourth-order valence-electron chi connectivity index (χ4n) is 2.49. The van der Waals surface area contributed by atoms with Gasteiger partial charge in [0.25, 0.3) is 0 Å². The molecule has 1 amide bonds. The molecule has 1 aromatic heterocycles. The Labute approximate surface area is 144 Å². The number of benzene rings is 1. The van der Waals surface area contributed by atoms with Gasteiger partial charge in [-0.1, -0.05) is 41.6 Å². The third kappa shape index (κ3) is 4.07. The van der Waals surface area contributed by atoms with Gasteiger partial charge in [-0.3, -0.25) is 4.79 Å². The van der Waals surface area contributed by atoms with Gasteiger partial charge in [-0.15, -0.1) is 10.2 Å². The summed E-state index contributed by atoms with van der Waals surface area (Å²) in [6.07, 6.45) is 2.21. The predicted octanol–water partition coefficient (Wildman–Crippen LogP) is 1.35. The summed E-state index contributed by atoms with van der Waals surface area (Å²) in [6, 6.07) is 7.89. The molecule has 24 heavy (non-hydrogen) atoms. The summed E-state index contributed by atoms with van der Waals surface area (Å²) in [5.74, 6) is 6.82. The molecule has 0 aliphatic carbocycles. The van der Waals surface area contributed by atoms with Crippen LogP contribution in [0.15, 0.2) is 29.4 Å². The number of hydrogen-bond donors (Lipinski definition) is 2. The number of nitrogens with two attached hydrogens (primary N) is 1. The largest absolute Gasteiger partial charge is 0.376 e. The molecule has 1 fully saturated rings. The van der Waals surface area contributed by atoms with E-state index in [9.17, 15) is 4.79 Å². The Morgan fingerprint density at radius 2 is 2.21 bits per heavy atom. The Balaban J connectivity index is 1.54. The smallest absolute Gasteiger partial charge is 0.230 e. The lowest BCUT2D eigenvalue weighted by molar-refractivity contribution is -0.119. The zero-order valence-corrected chi connectivity index (χ0v) is 14.4. The van der Waals surface area contributed by atoms with Crippen molar-refractivity contribution in [2.75, 3.05) is 24.7 Å². The molecule has 1 aliphatic heterocycles. The van der Waals surface area contributed by atoms with Crippen LogP contribution in [-0.4, -0.2) is 45.8 Å². The number of ether oxygens (including phenoxy) is 1. The van der Waals surface area contributed by atoms with Crippen molar-refractivity contribution < 1.29 is 9.53 Å². The van der Waals surface area contributed by atoms with Crippen LogP contribution in [0.4, 0.5) is 0 Å². The SMILES string of the molecule is Cc1ccc(-c2nnc(SCC(=O)NCC3CCCO3)n2N)cc1. The third-order valence-electron chi connectivity index (χ3n) is 3.86. The summed E-state index contributed by atoms with van der Waals surface area (Å²) in [5.41, 5.74) is 2.06. The van der Waals surface area contributed by atoms with Crippen LogP contribution in [0, 0.1) is 6.92 Å². The first kappa shape index (κ1) is 16.8. The topological polar surface area (TPSA) is 95.1 Å². The molecule has 1 unspecified atom stereocenters. The Kier molecular flexibility index (Phi) is 5.37. The second-order valence-corrected chi connectivity index (χ2v) is 6.71. The Morgan fingerprint density at radius 1 is 1.42 bits per heavy atom. The first-order chi connectivity index (χ1) is 11.6. The molecule has 0 saturated carbocycles. The highest BCUT2D eigenvalue weighted by atomic mass is 32.2. The maximum Gasteiger partial charge on any atom is 0.230 e. The first-order valence-electron chi connectivity index (χ1n) is 7.92. The van der Waals surface area contributed by atoms with Crippen molar-refractivity contribution in [1.29, 1.82) is 0 Å². The van der Waals surface area contributed by atoms with E-state index in [1.54, 1.807) is 0 Å². The molecule has 128 valence electrons. The number of aromatic nitrogens is 3. The summed E-state index contributed by atoms with van der Waals surface area (Å²) in [5, 5.41) is 11.6. The molecule has 2 heterocycles. The first-order valence-corrected chi connectivity index (χ1v) is 8.90. The average Bonchev–Trinajstić information content (AvgIpc) is 3.22. The molecule has 0 radical (unpaired) electrons. The third-order valence-corrected chi connectivity index (χ3v) is 4.80. The zero-order valence-electron chi connectivity index (χ0n) is 13.6. The zero-order chi connectivity index (χ0) is 16.9. The van der Waals surface area contributed by atoms with Crippen LogP contribution in [0.3, 0.4) is 0 Å². The summed E-state index contributed by atoms with van der Waals surface area (Å²) < 4.78 is 6.90. The molecule has 0 bridgehead atoms. The molecule has 3 rings (SSSR count). The highest BCUT2D eigenvalue weighted by molar-refractivity contribution is 7.99. The van der Waals surface area contributed by atoms with E-state index in [0.29, 0.717) is 17.5 Å². The highest BCUT2D eigenvalue weighted by Gasteiger charge is 2.17. The molecule has 1 atom stereocenters. The van der Waals surface area contributed by atoms with Crippen LogP contribution in [0.2, 0.25) is 0 Å². The minimum atomic E-state index is -0.0598. The van der Waals surface area contributed by atoms with E-state index in [-0.39, 0.29) is 17.8 Å². The summed E-state index contributed by atoms with van der Waals surface area (Å²) in [7, 11) is 0. The summed E-state index contributed by atoms with van der Waals surface area (Å²) >= 11 is 1.27. The van der Waals surface area contributed by atoms with E-state index in [1.165, 1.54) is 22.0 Å². The Hall–Kier alpha value is -2.06. The lowest BCUT2D eigenvalue weighted by Gasteiger charge is -2.10. The lowest BCUT2D eigenvalue weighted by atomic mass is 10.1. The monoisotopic (exact) mass is 347 g/mol. The minimum absolute atomic E-state index is 0.0598. The predicted molar refractivity (Wildman–Crippen MR) is 93.1 cm³/mol. The molecule has 1 aliphatic rings. The van der Waals surface area contributed by atoms with Gasteiger partial charge in [0, 0.05) is 18.7 Å². The molecule has 1 saturated heterocycles. The Morgan fingerprint density at radius 3 is 2.92 bits per heavy atom.